The highest BCUT2D eigenvalue weighted by atomic mass is 32.1. The molecule has 186 valence electrons. The maximum atomic E-state index is 7.13. The Bertz CT molecular complexity index is 324. The monoisotopic (exact) mass is 454 g/mol. The number of unbranched alkanes of at least 4 members (excludes halogenated alkanes) is 15. The van der Waals surface area contributed by atoms with Crippen LogP contribution in [0.3, 0.4) is 0 Å². The molecule has 0 amide bonds. The smallest absolute Gasteiger partial charge is 0.0786 e. The second kappa shape index (κ2) is 27.7. The molecule has 0 spiro atoms. The molecule has 3 heteroatoms. The van der Waals surface area contributed by atoms with Gasteiger partial charge in [0.15, 0.2) is 0 Å². The zero-order valence-electron chi connectivity index (χ0n) is 22.1. The quantitative estimate of drug-likeness (QED) is 0.0664. The number of hydrogen-bond donors (Lipinski definition) is 0. The van der Waals surface area contributed by atoms with Gasteiger partial charge >= 0.3 is 0 Å². The van der Waals surface area contributed by atoms with Gasteiger partial charge in [-0.2, -0.15) is 0 Å². The van der Waals surface area contributed by atoms with Crippen LogP contribution in [0.4, 0.5) is 0 Å². The molecule has 0 saturated heterocycles. The fourth-order valence-electron chi connectivity index (χ4n) is 4.83. The van der Waals surface area contributed by atoms with E-state index in [0.717, 1.165) is 0 Å². The highest BCUT2D eigenvalue weighted by molar-refractivity contribution is 7.64. The van der Waals surface area contributed by atoms with Gasteiger partial charge in [0.2, 0.25) is 0 Å². The fraction of sp³-hybridized carbons (Fsp3) is 0.964. The van der Waals surface area contributed by atoms with Crippen LogP contribution in [0.1, 0.15) is 150 Å². The minimum Gasteiger partial charge on any atom is -0.696 e. The van der Waals surface area contributed by atoms with E-state index in [-0.39, 0.29) is 0 Å². The molecule has 0 aromatic rings. The largest absolute Gasteiger partial charge is 0.696 e. The highest BCUT2D eigenvalue weighted by Gasteiger charge is 2.25. The van der Waals surface area contributed by atoms with Crippen molar-refractivity contribution >= 4 is 12.6 Å². The van der Waals surface area contributed by atoms with Crippen LogP contribution in [0.15, 0.2) is 0 Å². The molecule has 0 aromatic heterocycles. The molecule has 0 saturated carbocycles. The molecule has 0 bridgehead atoms. The molecule has 2 nitrogen and oxygen atoms in total. The summed E-state index contributed by atoms with van der Waals surface area (Å²) in [6.07, 6.45) is 27.3. The van der Waals surface area contributed by atoms with Gasteiger partial charge in [0.25, 0.3) is 0 Å². The molecular formula is C28H58N2S. The summed E-state index contributed by atoms with van der Waals surface area (Å²) in [4.78, 5) is 0. The van der Waals surface area contributed by atoms with Gasteiger partial charge in [-0.25, -0.2) is 5.26 Å². The Labute approximate surface area is 203 Å². The summed E-state index contributed by atoms with van der Waals surface area (Å²) in [6.45, 7) is 15.2. The maximum absolute atomic E-state index is 7.13. The minimum absolute atomic E-state index is 1.33. The third-order valence-electron chi connectivity index (χ3n) is 6.66. The average molecular weight is 455 g/mol. The first-order chi connectivity index (χ1) is 15.2. The van der Waals surface area contributed by atoms with E-state index < -0.39 is 0 Å². The Hall–Kier alpha value is -0.330. The molecule has 0 fully saturated rings. The zero-order valence-corrected chi connectivity index (χ0v) is 22.9. The van der Waals surface area contributed by atoms with Crippen molar-refractivity contribution in [2.24, 2.45) is 0 Å². The van der Waals surface area contributed by atoms with Crippen LogP contribution in [-0.4, -0.2) is 30.7 Å². The SMILES string of the molecule is CCCCCCCC[N+](CCC)(CCCCCCCC)CCCCCCCC.N#C[S-]. The number of nitrogens with zero attached hydrogens (tertiary/aromatic N) is 2. The normalized spacial score (nSPS) is 11.1. The van der Waals surface area contributed by atoms with Crippen LogP contribution < -0.4 is 0 Å². The molecule has 0 aliphatic carbocycles. The van der Waals surface area contributed by atoms with E-state index in [1.807, 2.05) is 0 Å². The highest BCUT2D eigenvalue weighted by Crippen LogP contribution is 2.19. The molecule has 31 heavy (non-hydrogen) atoms. The lowest BCUT2D eigenvalue weighted by Gasteiger charge is -2.39. The van der Waals surface area contributed by atoms with E-state index in [9.17, 15) is 0 Å². The van der Waals surface area contributed by atoms with Crippen LogP contribution in [0, 0.1) is 10.7 Å². The van der Waals surface area contributed by atoms with E-state index in [1.54, 1.807) is 0 Å². The van der Waals surface area contributed by atoms with E-state index in [0.29, 0.717) is 0 Å². The average Bonchev–Trinajstić information content (AvgIpc) is 2.76. The Morgan fingerprint density at radius 1 is 0.452 bits per heavy atom. The molecule has 0 radical (unpaired) electrons. The van der Waals surface area contributed by atoms with E-state index in [4.69, 9.17) is 5.26 Å². The van der Waals surface area contributed by atoms with Crippen molar-refractivity contribution < 1.29 is 4.48 Å². The summed E-state index contributed by atoms with van der Waals surface area (Å²) in [7, 11) is 0. The van der Waals surface area contributed by atoms with Crippen LogP contribution >= 0.6 is 0 Å². The summed E-state index contributed by atoms with van der Waals surface area (Å²) in [5.41, 5.74) is 0. The minimum atomic E-state index is 1.33. The molecule has 0 atom stereocenters. The van der Waals surface area contributed by atoms with Gasteiger partial charge in [-0.1, -0.05) is 110 Å². The van der Waals surface area contributed by atoms with Gasteiger partial charge in [-0.3, -0.25) is 0 Å². The lowest BCUT2D eigenvalue weighted by Crippen LogP contribution is -2.50. The van der Waals surface area contributed by atoms with Gasteiger partial charge in [0, 0.05) is 0 Å². The molecule has 0 heterocycles. The summed E-state index contributed by atoms with van der Waals surface area (Å²) in [5.74, 6) is 0. The lowest BCUT2D eigenvalue weighted by molar-refractivity contribution is -0.929. The predicted molar refractivity (Wildman–Crippen MR) is 143 cm³/mol. The number of rotatable bonds is 23. The van der Waals surface area contributed by atoms with Crippen molar-refractivity contribution in [3.63, 3.8) is 0 Å². The second-order valence-corrected chi connectivity index (χ2v) is 9.81. The summed E-state index contributed by atoms with van der Waals surface area (Å²) < 4.78 is 1.45. The van der Waals surface area contributed by atoms with Gasteiger partial charge in [0.05, 0.1) is 26.2 Å². The molecule has 0 rings (SSSR count). The molecule has 0 aliphatic heterocycles. The van der Waals surface area contributed by atoms with Gasteiger partial charge in [-0.05, 0) is 44.9 Å². The van der Waals surface area contributed by atoms with E-state index in [1.165, 1.54) is 158 Å². The fourth-order valence-corrected chi connectivity index (χ4v) is 4.83. The number of thiocyanates is 1. The van der Waals surface area contributed by atoms with E-state index in [2.05, 4.69) is 40.3 Å². The van der Waals surface area contributed by atoms with Crippen molar-refractivity contribution in [2.75, 3.05) is 26.2 Å². The van der Waals surface area contributed by atoms with Gasteiger partial charge < -0.3 is 17.1 Å². The standard InChI is InChI=1S/C27H58N.CHNS/c1-5-9-12-15-18-21-25-28(24-8-4,26-22-19-16-13-10-6-2)27-23-20-17-14-11-7-3;2-1-3/h5-27H2,1-4H3;3H/q+1;/p-1. The first kappa shape index (κ1) is 32.8. The third kappa shape index (κ3) is 24.1. The Morgan fingerprint density at radius 3 is 0.968 bits per heavy atom. The van der Waals surface area contributed by atoms with E-state index >= 15 is 0 Å². The van der Waals surface area contributed by atoms with Crippen LogP contribution in [-0.2, 0) is 12.6 Å². The van der Waals surface area contributed by atoms with Crippen molar-refractivity contribution in [3.05, 3.63) is 0 Å². The summed E-state index contributed by atoms with van der Waals surface area (Å²) in [6, 6.07) is 0. The van der Waals surface area contributed by atoms with Crippen molar-refractivity contribution in [2.45, 2.75) is 150 Å². The topological polar surface area (TPSA) is 23.8 Å². The molecule has 0 unspecified atom stereocenters. The Kier molecular flexibility index (Phi) is 29.4. The molecule has 0 aromatic carbocycles. The molecule has 0 N–H and O–H groups in total. The lowest BCUT2D eigenvalue weighted by atomic mass is 10.1. The zero-order chi connectivity index (χ0) is 23.5. The third-order valence-corrected chi connectivity index (χ3v) is 6.66. The number of nitriles is 1. The summed E-state index contributed by atoms with van der Waals surface area (Å²) >= 11 is 3.70. The van der Waals surface area contributed by atoms with Crippen molar-refractivity contribution in [1.82, 2.24) is 0 Å². The van der Waals surface area contributed by atoms with Crippen LogP contribution in [0.2, 0.25) is 0 Å². The Morgan fingerprint density at radius 2 is 0.710 bits per heavy atom. The Balaban J connectivity index is 0. The van der Waals surface area contributed by atoms with Gasteiger partial charge in [-0.15, -0.1) is 0 Å². The van der Waals surface area contributed by atoms with Crippen molar-refractivity contribution in [3.8, 4) is 5.40 Å². The van der Waals surface area contributed by atoms with Crippen molar-refractivity contribution in [1.29, 1.82) is 5.26 Å². The number of hydrogen-bond acceptors (Lipinski definition) is 2. The first-order valence-corrected chi connectivity index (χ1v) is 14.4. The number of quaternary nitrogens is 1. The predicted octanol–water partition coefficient (Wildman–Crippen LogP) is 9.31. The second-order valence-electron chi connectivity index (χ2n) is 9.63. The van der Waals surface area contributed by atoms with Crippen LogP contribution in [0.25, 0.3) is 0 Å². The summed E-state index contributed by atoms with van der Waals surface area (Å²) in [5, 5.41) is 8.47. The van der Waals surface area contributed by atoms with Crippen LogP contribution in [0.5, 0.6) is 0 Å². The molecular weight excluding hydrogens is 396 g/mol. The molecule has 0 aliphatic rings. The first-order valence-electron chi connectivity index (χ1n) is 14.0. The maximum Gasteiger partial charge on any atom is 0.0786 e. The van der Waals surface area contributed by atoms with Gasteiger partial charge in [0.1, 0.15) is 0 Å².